The second-order valence-corrected chi connectivity index (χ2v) is 3.09. The minimum atomic E-state index is 0.701. The Bertz CT molecular complexity index is 81.9. The summed E-state index contributed by atoms with van der Waals surface area (Å²) in [6.45, 7) is 6.05. The molecule has 0 amide bonds. The Morgan fingerprint density at radius 3 is 2.50 bits per heavy atom. The second-order valence-electron chi connectivity index (χ2n) is 3.09. The molecule has 12 heavy (non-hydrogen) atoms. The van der Waals surface area contributed by atoms with Crippen LogP contribution in [0.1, 0.15) is 39.5 Å². The summed E-state index contributed by atoms with van der Waals surface area (Å²) in [7, 11) is 2.04. The lowest BCUT2D eigenvalue weighted by molar-refractivity contribution is 0.142. The van der Waals surface area contributed by atoms with Gasteiger partial charge in [0, 0.05) is 19.3 Å². The Labute approximate surface area is 76.7 Å². The standard InChI is InChI=1S/C10H23NO/c1-4-10(11-3)8-6-7-9-12-5-2/h10-11H,4-9H2,1-3H3. The second kappa shape index (κ2) is 9.01. The predicted molar refractivity (Wildman–Crippen MR) is 53.5 cm³/mol. The first kappa shape index (κ1) is 11.9. The fraction of sp³-hybridized carbons (Fsp3) is 1.00. The Morgan fingerprint density at radius 1 is 1.25 bits per heavy atom. The molecule has 2 nitrogen and oxygen atoms in total. The number of nitrogens with one attached hydrogen (secondary N) is 1. The van der Waals surface area contributed by atoms with E-state index in [1.54, 1.807) is 0 Å². The maximum Gasteiger partial charge on any atom is 0.0465 e. The molecule has 0 aromatic rings. The SMILES string of the molecule is CCOCCCCC(CC)NC. The van der Waals surface area contributed by atoms with E-state index < -0.39 is 0 Å². The first-order chi connectivity index (χ1) is 5.85. The molecule has 0 heterocycles. The average molecular weight is 173 g/mol. The third kappa shape index (κ3) is 6.62. The van der Waals surface area contributed by atoms with Gasteiger partial charge in [-0.3, -0.25) is 0 Å². The molecule has 0 fully saturated rings. The number of hydrogen-bond donors (Lipinski definition) is 1. The van der Waals surface area contributed by atoms with Gasteiger partial charge in [0.2, 0.25) is 0 Å². The molecule has 0 rings (SSSR count). The van der Waals surface area contributed by atoms with Crippen molar-refractivity contribution in [1.82, 2.24) is 5.32 Å². The predicted octanol–water partition coefficient (Wildman–Crippen LogP) is 2.19. The minimum absolute atomic E-state index is 0.701. The molecule has 0 aliphatic carbocycles. The van der Waals surface area contributed by atoms with Crippen molar-refractivity contribution < 1.29 is 4.74 Å². The fourth-order valence-electron chi connectivity index (χ4n) is 1.29. The molecule has 0 saturated heterocycles. The summed E-state index contributed by atoms with van der Waals surface area (Å²) in [6.07, 6.45) is 4.98. The van der Waals surface area contributed by atoms with Crippen LogP contribution >= 0.6 is 0 Å². The summed E-state index contributed by atoms with van der Waals surface area (Å²) in [5.74, 6) is 0. The summed E-state index contributed by atoms with van der Waals surface area (Å²) >= 11 is 0. The molecule has 0 saturated carbocycles. The van der Waals surface area contributed by atoms with Gasteiger partial charge in [-0.25, -0.2) is 0 Å². The Morgan fingerprint density at radius 2 is 2.00 bits per heavy atom. The molecule has 0 spiro atoms. The van der Waals surface area contributed by atoms with Gasteiger partial charge in [-0.1, -0.05) is 6.92 Å². The van der Waals surface area contributed by atoms with Gasteiger partial charge in [-0.05, 0) is 39.7 Å². The van der Waals surface area contributed by atoms with Crippen LogP contribution in [0.15, 0.2) is 0 Å². The van der Waals surface area contributed by atoms with E-state index in [2.05, 4.69) is 12.2 Å². The van der Waals surface area contributed by atoms with Crippen LogP contribution in [-0.4, -0.2) is 26.3 Å². The third-order valence-corrected chi connectivity index (χ3v) is 2.20. The summed E-state index contributed by atoms with van der Waals surface area (Å²) in [4.78, 5) is 0. The monoisotopic (exact) mass is 173 g/mol. The highest BCUT2D eigenvalue weighted by Crippen LogP contribution is 2.03. The normalized spacial score (nSPS) is 13.2. The molecule has 1 unspecified atom stereocenters. The number of ether oxygens (including phenoxy) is 1. The van der Waals surface area contributed by atoms with Gasteiger partial charge in [0.1, 0.15) is 0 Å². The molecule has 0 aromatic heterocycles. The highest BCUT2D eigenvalue weighted by Gasteiger charge is 2.00. The topological polar surface area (TPSA) is 21.3 Å². The lowest BCUT2D eigenvalue weighted by atomic mass is 10.1. The zero-order valence-electron chi connectivity index (χ0n) is 8.73. The van der Waals surface area contributed by atoms with Crippen molar-refractivity contribution in [3.63, 3.8) is 0 Å². The van der Waals surface area contributed by atoms with E-state index in [-0.39, 0.29) is 0 Å². The van der Waals surface area contributed by atoms with Gasteiger partial charge in [-0.15, -0.1) is 0 Å². The van der Waals surface area contributed by atoms with Crippen LogP contribution in [-0.2, 0) is 4.74 Å². The van der Waals surface area contributed by atoms with Gasteiger partial charge in [0.25, 0.3) is 0 Å². The molecule has 0 aliphatic rings. The summed E-state index contributed by atoms with van der Waals surface area (Å²) in [5, 5.41) is 3.30. The van der Waals surface area contributed by atoms with Crippen LogP contribution in [0.25, 0.3) is 0 Å². The number of rotatable bonds is 8. The molecular formula is C10H23NO. The number of unbranched alkanes of at least 4 members (excludes halogenated alkanes) is 1. The van der Waals surface area contributed by atoms with E-state index in [9.17, 15) is 0 Å². The van der Waals surface area contributed by atoms with Crippen molar-refractivity contribution in [1.29, 1.82) is 0 Å². The highest BCUT2D eigenvalue weighted by atomic mass is 16.5. The van der Waals surface area contributed by atoms with Gasteiger partial charge >= 0.3 is 0 Å². The third-order valence-electron chi connectivity index (χ3n) is 2.20. The van der Waals surface area contributed by atoms with Gasteiger partial charge in [0.05, 0.1) is 0 Å². The van der Waals surface area contributed by atoms with Crippen LogP contribution in [0.5, 0.6) is 0 Å². The zero-order chi connectivity index (χ0) is 9.23. The fourth-order valence-corrected chi connectivity index (χ4v) is 1.29. The minimum Gasteiger partial charge on any atom is -0.382 e. The lowest BCUT2D eigenvalue weighted by Crippen LogP contribution is -2.23. The van der Waals surface area contributed by atoms with Crippen molar-refractivity contribution in [3.05, 3.63) is 0 Å². The van der Waals surface area contributed by atoms with Crippen molar-refractivity contribution in [2.24, 2.45) is 0 Å². The quantitative estimate of drug-likeness (QED) is 0.568. The lowest BCUT2D eigenvalue weighted by Gasteiger charge is -2.12. The van der Waals surface area contributed by atoms with Crippen molar-refractivity contribution >= 4 is 0 Å². The van der Waals surface area contributed by atoms with E-state index in [0.717, 1.165) is 13.2 Å². The van der Waals surface area contributed by atoms with Crippen LogP contribution < -0.4 is 5.32 Å². The van der Waals surface area contributed by atoms with E-state index in [1.165, 1.54) is 25.7 Å². The average Bonchev–Trinajstić information content (AvgIpc) is 2.11. The largest absolute Gasteiger partial charge is 0.382 e. The van der Waals surface area contributed by atoms with E-state index in [0.29, 0.717) is 6.04 Å². The molecule has 0 bridgehead atoms. The smallest absolute Gasteiger partial charge is 0.0465 e. The van der Waals surface area contributed by atoms with Crippen LogP contribution in [0, 0.1) is 0 Å². The van der Waals surface area contributed by atoms with Crippen LogP contribution in [0.3, 0.4) is 0 Å². The molecule has 74 valence electrons. The maximum absolute atomic E-state index is 5.26. The Hall–Kier alpha value is -0.0800. The summed E-state index contributed by atoms with van der Waals surface area (Å²) < 4.78 is 5.26. The summed E-state index contributed by atoms with van der Waals surface area (Å²) in [5.41, 5.74) is 0. The van der Waals surface area contributed by atoms with Crippen molar-refractivity contribution in [2.45, 2.75) is 45.6 Å². The Kier molecular flexibility index (Phi) is 8.95. The molecule has 2 heteroatoms. The molecule has 0 aromatic carbocycles. The molecule has 1 atom stereocenters. The van der Waals surface area contributed by atoms with Crippen LogP contribution in [0.4, 0.5) is 0 Å². The van der Waals surface area contributed by atoms with E-state index in [4.69, 9.17) is 4.74 Å². The van der Waals surface area contributed by atoms with E-state index in [1.807, 2.05) is 14.0 Å². The molecule has 0 aliphatic heterocycles. The highest BCUT2D eigenvalue weighted by molar-refractivity contribution is 4.61. The van der Waals surface area contributed by atoms with Crippen LogP contribution in [0.2, 0.25) is 0 Å². The maximum atomic E-state index is 5.26. The first-order valence-electron chi connectivity index (χ1n) is 5.10. The van der Waals surface area contributed by atoms with Gasteiger partial charge in [-0.2, -0.15) is 0 Å². The molecule has 0 radical (unpaired) electrons. The molecular weight excluding hydrogens is 150 g/mol. The Balaban J connectivity index is 3.06. The van der Waals surface area contributed by atoms with Crippen molar-refractivity contribution in [3.8, 4) is 0 Å². The zero-order valence-corrected chi connectivity index (χ0v) is 8.73. The summed E-state index contributed by atoms with van der Waals surface area (Å²) in [6, 6.07) is 0.701. The van der Waals surface area contributed by atoms with Gasteiger partial charge in [0.15, 0.2) is 0 Å². The first-order valence-corrected chi connectivity index (χ1v) is 5.10. The molecule has 1 N–H and O–H groups in total. The van der Waals surface area contributed by atoms with Crippen molar-refractivity contribution in [2.75, 3.05) is 20.3 Å². The number of hydrogen-bond acceptors (Lipinski definition) is 2. The van der Waals surface area contributed by atoms with Gasteiger partial charge < -0.3 is 10.1 Å². The van der Waals surface area contributed by atoms with E-state index >= 15 is 0 Å².